The first-order valence-electron chi connectivity index (χ1n) is 10.6. The van der Waals surface area contributed by atoms with E-state index in [0.29, 0.717) is 18.0 Å². The summed E-state index contributed by atoms with van der Waals surface area (Å²) in [5.41, 5.74) is 1.69. The number of nitrogens with one attached hydrogen (secondary N) is 3. The van der Waals surface area contributed by atoms with Gasteiger partial charge in [-0.15, -0.1) is 24.0 Å². The molecule has 1 aliphatic rings. The van der Waals surface area contributed by atoms with E-state index in [4.69, 9.17) is 4.74 Å². The normalized spacial score (nSPS) is 14.2. The van der Waals surface area contributed by atoms with Crippen LogP contribution >= 0.6 is 24.0 Å². The molecule has 0 saturated heterocycles. The molecule has 0 aromatic heterocycles. The number of methoxy groups -OCH3 is 1. The van der Waals surface area contributed by atoms with Gasteiger partial charge >= 0.3 is 0 Å². The minimum Gasteiger partial charge on any atom is -0.495 e. The van der Waals surface area contributed by atoms with Crippen LogP contribution in [0.4, 0.5) is 5.69 Å². The molecule has 0 aliphatic heterocycles. The first-order valence-corrected chi connectivity index (χ1v) is 10.6. The van der Waals surface area contributed by atoms with E-state index in [1.54, 1.807) is 7.11 Å². The van der Waals surface area contributed by atoms with Crippen molar-refractivity contribution in [3.63, 3.8) is 0 Å². The first-order chi connectivity index (χ1) is 13.6. The predicted octanol–water partition coefficient (Wildman–Crippen LogP) is 4.69. The number of nitrogens with zero attached hydrogens (tertiary/aromatic N) is 1. The van der Waals surface area contributed by atoms with Crippen LogP contribution in [-0.4, -0.2) is 32.1 Å². The summed E-state index contributed by atoms with van der Waals surface area (Å²) < 4.78 is 5.30. The highest BCUT2D eigenvalue weighted by Crippen LogP contribution is 2.28. The summed E-state index contributed by atoms with van der Waals surface area (Å²) in [6.07, 6.45) is 9.54. The van der Waals surface area contributed by atoms with E-state index < -0.39 is 0 Å². The van der Waals surface area contributed by atoms with Crippen LogP contribution in [0.5, 0.6) is 5.75 Å². The number of benzene rings is 1. The van der Waals surface area contributed by atoms with Crippen LogP contribution in [0.2, 0.25) is 0 Å². The van der Waals surface area contributed by atoms with E-state index in [-0.39, 0.29) is 29.9 Å². The summed E-state index contributed by atoms with van der Waals surface area (Å²) >= 11 is 0. The fraction of sp³-hybridized carbons (Fsp3) is 0.636. The van der Waals surface area contributed by atoms with Crippen molar-refractivity contribution in [1.82, 2.24) is 10.6 Å². The standard InChI is InChI=1S/C22H36N4O2.HI/c1-4-23-22(24-14-8-7-11-18-9-5-6-10-18)25-16-19-12-13-21(28-3)20(15-19)26-17(2)27;/h12-13,15,18H,4-11,14,16H2,1-3H3,(H,26,27)(H2,23,24,25);1H. The second-order valence-electron chi connectivity index (χ2n) is 7.48. The number of amides is 1. The molecule has 3 N–H and O–H groups in total. The summed E-state index contributed by atoms with van der Waals surface area (Å²) in [4.78, 5) is 16.1. The molecule has 1 aromatic carbocycles. The average molecular weight is 516 g/mol. The van der Waals surface area contributed by atoms with Crippen molar-refractivity contribution in [1.29, 1.82) is 0 Å². The Morgan fingerprint density at radius 1 is 1.21 bits per heavy atom. The Balaban J connectivity index is 0.00000420. The Morgan fingerprint density at radius 2 is 1.97 bits per heavy atom. The lowest BCUT2D eigenvalue weighted by Gasteiger charge is -2.13. The van der Waals surface area contributed by atoms with E-state index >= 15 is 0 Å². The quantitative estimate of drug-likeness (QED) is 0.183. The number of halogens is 1. The Kier molecular flexibility index (Phi) is 12.7. The molecule has 0 spiro atoms. The van der Waals surface area contributed by atoms with Crippen molar-refractivity contribution in [2.24, 2.45) is 10.9 Å². The number of guanidine groups is 1. The monoisotopic (exact) mass is 516 g/mol. The Morgan fingerprint density at radius 3 is 2.62 bits per heavy atom. The van der Waals surface area contributed by atoms with Gasteiger partial charge in [0.25, 0.3) is 0 Å². The van der Waals surface area contributed by atoms with E-state index in [1.165, 1.54) is 51.9 Å². The molecular weight excluding hydrogens is 479 g/mol. The van der Waals surface area contributed by atoms with Gasteiger partial charge in [-0.3, -0.25) is 4.79 Å². The van der Waals surface area contributed by atoms with E-state index in [2.05, 4.69) is 27.9 Å². The molecule has 1 saturated carbocycles. The highest BCUT2D eigenvalue weighted by molar-refractivity contribution is 14.0. The van der Waals surface area contributed by atoms with Gasteiger partial charge in [0.05, 0.1) is 19.3 Å². The third kappa shape index (κ3) is 9.69. The number of anilines is 1. The number of carbonyl (C=O) groups excluding carboxylic acids is 1. The molecule has 1 aromatic rings. The number of rotatable bonds is 10. The van der Waals surface area contributed by atoms with Crippen molar-refractivity contribution < 1.29 is 9.53 Å². The van der Waals surface area contributed by atoms with Gasteiger partial charge < -0.3 is 20.7 Å². The molecule has 0 atom stereocenters. The molecule has 1 amide bonds. The van der Waals surface area contributed by atoms with Crippen LogP contribution in [-0.2, 0) is 11.3 Å². The maximum absolute atomic E-state index is 11.4. The highest BCUT2D eigenvalue weighted by atomic mass is 127. The first kappa shape index (κ1) is 25.5. The Labute approximate surface area is 192 Å². The Hall–Kier alpha value is -1.51. The Bertz CT molecular complexity index is 646. The lowest BCUT2D eigenvalue weighted by molar-refractivity contribution is -0.114. The zero-order valence-electron chi connectivity index (χ0n) is 18.1. The molecular formula is C22H37IN4O2. The second kappa shape index (κ2) is 14.5. The van der Waals surface area contributed by atoms with Gasteiger partial charge in [0, 0.05) is 20.0 Å². The van der Waals surface area contributed by atoms with Gasteiger partial charge in [0.15, 0.2) is 5.96 Å². The van der Waals surface area contributed by atoms with Gasteiger partial charge in [-0.05, 0) is 37.0 Å². The van der Waals surface area contributed by atoms with Crippen molar-refractivity contribution in [3.8, 4) is 5.75 Å². The van der Waals surface area contributed by atoms with Crippen LogP contribution < -0.4 is 20.7 Å². The molecule has 0 radical (unpaired) electrons. The SMILES string of the molecule is CCNC(=NCc1ccc(OC)c(NC(C)=O)c1)NCCCCC1CCCC1.I. The molecule has 1 fully saturated rings. The summed E-state index contributed by atoms with van der Waals surface area (Å²) in [6, 6.07) is 5.74. The van der Waals surface area contributed by atoms with Gasteiger partial charge in [-0.2, -0.15) is 0 Å². The fourth-order valence-corrected chi connectivity index (χ4v) is 3.72. The average Bonchev–Trinajstić information content (AvgIpc) is 3.19. The minimum absolute atomic E-state index is 0. The van der Waals surface area contributed by atoms with E-state index in [9.17, 15) is 4.79 Å². The van der Waals surface area contributed by atoms with Crippen molar-refractivity contribution in [2.45, 2.75) is 65.3 Å². The molecule has 6 nitrogen and oxygen atoms in total. The molecule has 0 bridgehead atoms. The summed E-state index contributed by atoms with van der Waals surface area (Å²) in [5.74, 6) is 2.33. The topological polar surface area (TPSA) is 74.8 Å². The molecule has 164 valence electrons. The lowest BCUT2D eigenvalue weighted by atomic mass is 10.0. The number of ether oxygens (including phenoxy) is 1. The largest absolute Gasteiger partial charge is 0.495 e. The maximum atomic E-state index is 11.4. The van der Waals surface area contributed by atoms with Gasteiger partial charge in [0.1, 0.15) is 5.75 Å². The molecule has 0 unspecified atom stereocenters. The van der Waals surface area contributed by atoms with Gasteiger partial charge in [0.2, 0.25) is 5.91 Å². The molecule has 7 heteroatoms. The number of carbonyl (C=O) groups is 1. The van der Waals surface area contributed by atoms with Crippen LogP contribution in [0.15, 0.2) is 23.2 Å². The summed E-state index contributed by atoms with van der Waals surface area (Å²) in [5, 5.41) is 9.53. The van der Waals surface area contributed by atoms with Crippen LogP contribution in [0, 0.1) is 5.92 Å². The highest BCUT2D eigenvalue weighted by Gasteiger charge is 2.13. The van der Waals surface area contributed by atoms with Crippen LogP contribution in [0.3, 0.4) is 0 Å². The van der Waals surface area contributed by atoms with Gasteiger partial charge in [-0.1, -0.05) is 44.6 Å². The second-order valence-corrected chi connectivity index (χ2v) is 7.48. The number of unbranched alkanes of at least 4 members (excludes halogenated alkanes) is 1. The van der Waals surface area contributed by atoms with Crippen molar-refractivity contribution in [3.05, 3.63) is 23.8 Å². The van der Waals surface area contributed by atoms with Crippen LogP contribution in [0.25, 0.3) is 0 Å². The lowest BCUT2D eigenvalue weighted by Crippen LogP contribution is -2.37. The zero-order chi connectivity index (χ0) is 20.2. The minimum atomic E-state index is -0.119. The maximum Gasteiger partial charge on any atom is 0.221 e. The van der Waals surface area contributed by atoms with Crippen molar-refractivity contribution in [2.75, 3.05) is 25.5 Å². The third-order valence-corrected chi connectivity index (χ3v) is 5.14. The fourth-order valence-electron chi connectivity index (χ4n) is 3.72. The van der Waals surface area contributed by atoms with Crippen LogP contribution in [0.1, 0.15) is 64.4 Å². The molecule has 2 rings (SSSR count). The van der Waals surface area contributed by atoms with E-state index in [0.717, 1.165) is 30.5 Å². The summed E-state index contributed by atoms with van der Waals surface area (Å²) in [7, 11) is 1.60. The number of hydrogen-bond acceptors (Lipinski definition) is 3. The van der Waals surface area contributed by atoms with Crippen molar-refractivity contribution >= 4 is 41.5 Å². The number of hydrogen-bond donors (Lipinski definition) is 3. The zero-order valence-corrected chi connectivity index (χ0v) is 20.4. The smallest absolute Gasteiger partial charge is 0.221 e. The molecule has 0 heterocycles. The molecule has 1 aliphatic carbocycles. The van der Waals surface area contributed by atoms with Gasteiger partial charge in [-0.25, -0.2) is 4.99 Å². The third-order valence-electron chi connectivity index (χ3n) is 5.14. The van der Waals surface area contributed by atoms with E-state index in [1.807, 2.05) is 18.2 Å². The molecule has 29 heavy (non-hydrogen) atoms. The predicted molar refractivity (Wildman–Crippen MR) is 131 cm³/mol. The summed E-state index contributed by atoms with van der Waals surface area (Å²) in [6.45, 7) is 5.86. The number of aliphatic imine (C=N–C) groups is 1.